The third kappa shape index (κ3) is 3.15. The first kappa shape index (κ1) is 19.2. The van der Waals surface area contributed by atoms with E-state index >= 15 is 0 Å². The molecule has 2 unspecified atom stereocenters. The zero-order valence-corrected chi connectivity index (χ0v) is 17.6. The van der Waals surface area contributed by atoms with E-state index in [-0.39, 0.29) is 5.97 Å². The van der Waals surface area contributed by atoms with Crippen LogP contribution in [0.4, 0.5) is 5.95 Å². The standard InChI is InChI=1S/C21H31N5O2/c1-6-26-19-18(11-15(12-22-19)20(27)28-5)23-21(26)25(4)17-9-13-7-16(24(2)3)8-14(13)10-17/h11-14,16-17H,6-10H2,1-5H3/t13-,14+,16?,17?. The van der Waals surface area contributed by atoms with Crippen LogP contribution in [0.25, 0.3) is 11.2 Å². The fraction of sp³-hybridized carbons (Fsp3) is 0.667. The third-order valence-corrected chi connectivity index (χ3v) is 6.86. The number of fused-ring (bicyclic) bond motifs is 2. The minimum absolute atomic E-state index is 0.380. The van der Waals surface area contributed by atoms with E-state index in [2.05, 4.69) is 47.4 Å². The first-order valence-electron chi connectivity index (χ1n) is 10.3. The summed E-state index contributed by atoms with van der Waals surface area (Å²) in [6.07, 6.45) is 6.68. The summed E-state index contributed by atoms with van der Waals surface area (Å²) in [5, 5.41) is 0. The number of carbonyl (C=O) groups excluding carboxylic acids is 1. The van der Waals surface area contributed by atoms with Crippen LogP contribution in [0.1, 0.15) is 43.0 Å². The number of pyridine rings is 1. The van der Waals surface area contributed by atoms with Crippen molar-refractivity contribution in [3.63, 3.8) is 0 Å². The van der Waals surface area contributed by atoms with Crippen LogP contribution >= 0.6 is 0 Å². The molecule has 2 saturated carbocycles. The van der Waals surface area contributed by atoms with Gasteiger partial charge in [-0.2, -0.15) is 0 Å². The maximum atomic E-state index is 11.8. The zero-order valence-electron chi connectivity index (χ0n) is 17.6. The highest BCUT2D eigenvalue weighted by atomic mass is 16.5. The second-order valence-electron chi connectivity index (χ2n) is 8.56. The van der Waals surface area contributed by atoms with Crippen molar-refractivity contribution in [1.29, 1.82) is 0 Å². The van der Waals surface area contributed by atoms with Crippen LogP contribution in [0.5, 0.6) is 0 Å². The first-order chi connectivity index (χ1) is 13.4. The fourth-order valence-electron chi connectivity index (χ4n) is 5.24. The summed E-state index contributed by atoms with van der Waals surface area (Å²) in [6.45, 7) is 2.91. The highest BCUT2D eigenvalue weighted by Crippen LogP contribution is 2.47. The van der Waals surface area contributed by atoms with Crippen molar-refractivity contribution in [2.45, 2.75) is 51.2 Å². The number of methoxy groups -OCH3 is 1. The molecule has 4 atom stereocenters. The summed E-state index contributed by atoms with van der Waals surface area (Å²) < 4.78 is 6.96. The highest BCUT2D eigenvalue weighted by molar-refractivity contribution is 5.92. The average molecular weight is 386 g/mol. The van der Waals surface area contributed by atoms with Gasteiger partial charge in [0.1, 0.15) is 5.52 Å². The molecule has 0 amide bonds. The van der Waals surface area contributed by atoms with Crippen LogP contribution in [0.3, 0.4) is 0 Å². The van der Waals surface area contributed by atoms with Crippen LogP contribution in [0, 0.1) is 11.8 Å². The van der Waals surface area contributed by atoms with Gasteiger partial charge in [-0.3, -0.25) is 4.57 Å². The lowest BCUT2D eigenvalue weighted by Gasteiger charge is -2.28. The summed E-state index contributed by atoms with van der Waals surface area (Å²) in [6, 6.07) is 3.03. The molecule has 2 fully saturated rings. The number of nitrogens with zero attached hydrogens (tertiary/aromatic N) is 5. The predicted octanol–water partition coefficient (Wildman–Crippen LogP) is 2.79. The average Bonchev–Trinajstić information content (AvgIpc) is 3.36. The molecule has 4 rings (SSSR count). The number of rotatable bonds is 5. The SMILES string of the molecule is CCn1c(N(C)C2C[C@H]3CC(N(C)C)C[C@H]3C2)nc2cc(C(=O)OC)cnc21. The molecule has 0 saturated heterocycles. The van der Waals surface area contributed by atoms with Gasteiger partial charge in [-0.1, -0.05) is 0 Å². The normalized spacial score (nSPS) is 26.8. The van der Waals surface area contributed by atoms with Gasteiger partial charge in [-0.05, 0) is 64.6 Å². The molecule has 7 nitrogen and oxygen atoms in total. The second-order valence-corrected chi connectivity index (χ2v) is 8.56. The molecule has 2 aromatic heterocycles. The molecule has 7 heteroatoms. The molecule has 0 radical (unpaired) electrons. The van der Waals surface area contributed by atoms with Crippen molar-refractivity contribution in [2.24, 2.45) is 11.8 Å². The molecule has 2 aliphatic rings. The number of hydrogen-bond acceptors (Lipinski definition) is 6. The molecule has 0 spiro atoms. The number of esters is 1. The van der Waals surface area contributed by atoms with Crippen molar-refractivity contribution in [3.05, 3.63) is 17.8 Å². The Morgan fingerprint density at radius 3 is 2.39 bits per heavy atom. The number of anilines is 1. The van der Waals surface area contributed by atoms with Crippen molar-refractivity contribution < 1.29 is 9.53 Å². The third-order valence-electron chi connectivity index (χ3n) is 6.86. The maximum Gasteiger partial charge on any atom is 0.339 e. The van der Waals surface area contributed by atoms with Gasteiger partial charge in [0.2, 0.25) is 5.95 Å². The summed E-state index contributed by atoms with van der Waals surface area (Å²) >= 11 is 0. The Hall–Kier alpha value is -2.15. The number of hydrogen-bond donors (Lipinski definition) is 0. The van der Waals surface area contributed by atoms with Gasteiger partial charge in [0, 0.05) is 31.9 Å². The monoisotopic (exact) mass is 385 g/mol. The molecule has 0 N–H and O–H groups in total. The minimum Gasteiger partial charge on any atom is -0.465 e. The quantitative estimate of drug-likeness (QED) is 0.738. The van der Waals surface area contributed by atoms with E-state index in [9.17, 15) is 4.79 Å². The van der Waals surface area contributed by atoms with E-state index in [0.717, 1.165) is 41.5 Å². The van der Waals surface area contributed by atoms with Crippen molar-refractivity contribution in [1.82, 2.24) is 19.4 Å². The van der Waals surface area contributed by atoms with Gasteiger partial charge in [-0.15, -0.1) is 0 Å². The number of carbonyl (C=O) groups is 1. The van der Waals surface area contributed by atoms with E-state index in [0.29, 0.717) is 11.6 Å². The lowest BCUT2D eigenvalue weighted by atomic mass is 10.0. The molecule has 28 heavy (non-hydrogen) atoms. The molecule has 152 valence electrons. The summed E-state index contributed by atoms with van der Waals surface area (Å²) in [4.78, 5) is 25.9. The molecule has 0 aromatic carbocycles. The van der Waals surface area contributed by atoms with Gasteiger partial charge in [0.05, 0.1) is 12.7 Å². The van der Waals surface area contributed by atoms with E-state index in [4.69, 9.17) is 9.72 Å². The minimum atomic E-state index is -0.380. The summed E-state index contributed by atoms with van der Waals surface area (Å²) in [7, 11) is 7.95. The topological polar surface area (TPSA) is 63.5 Å². The van der Waals surface area contributed by atoms with Crippen molar-refractivity contribution >= 4 is 23.1 Å². The Morgan fingerprint density at radius 2 is 1.82 bits per heavy atom. The number of imidazole rings is 1. The van der Waals surface area contributed by atoms with Crippen molar-refractivity contribution in [2.75, 3.05) is 33.2 Å². The molecule has 2 heterocycles. The molecule has 2 aliphatic carbocycles. The molecular formula is C21H31N5O2. The van der Waals surface area contributed by atoms with E-state index in [1.54, 1.807) is 12.3 Å². The molecule has 0 bridgehead atoms. The van der Waals surface area contributed by atoms with Gasteiger partial charge in [0.25, 0.3) is 0 Å². The van der Waals surface area contributed by atoms with Crippen LogP contribution in [-0.4, -0.2) is 65.7 Å². The summed E-state index contributed by atoms with van der Waals surface area (Å²) in [5.74, 6) is 2.21. The Balaban J connectivity index is 1.58. The Bertz CT molecular complexity index is 863. The van der Waals surface area contributed by atoms with Gasteiger partial charge in [-0.25, -0.2) is 14.8 Å². The second kappa shape index (κ2) is 7.35. The number of aromatic nitrogens is 3. The van der Waals surface area contributed by atoms with Crippen molar-refractivity contribution in [3.8, 4) is 0 Å². The lowest BCUT2D eigenvalue weighted by Crippen LogP contribution is -2.33. The lowest BCUT2D eigenvalue weighted by molar-refractivity contribution is 0.0600. The van der Waals surface area contributed by atoms with Gasteiger partial charge < -0.3 is 14.5 Å². The van der Waals surface area contributed by atoms with E-state index in [1.165, 1.54) is 32.8 Å². The molecular weight excluding hydrogens is 354 g/mol. The Morgan fingerprint density at radius 1 is 1.18 bits per heavy atom. The largest absolute Gasteiger partial charge is 0.465 e. The Labute approximate surface area is 166 Å². The Kier molecular flexibility index (Phi) is 5.04. The van der Waals surface area contributed by atoms with Crippen LogP contribution in [0.2, 0.25) is 0 Å². The van der Waals surface area contributed by atoms with Gasteiger partial charge >= 0.3 is 5.97 Å². The van der Waals surface area contributed by atoms with E-state index in [1.807, 2.05) is 0 Å². The predicted molar refractivity (Wildman–Crippen MR) is 110 cm³/mol. The zero-order chi connectivity index (χ0) is 20.0. The highest BCUT2D eigenvalue weighted by Gasteiger charge is 2.44. The van der Waals surface area contributed by atoms with Crippen LogP contribution in [0.15, 0.2) is 12.3 Å². The van der Waals surface area contributed by atoms with Crippen LogP contribution < -0.4 is 4.90 Å². The van der Waals surface area contributed by atoms with Gasteiger partial charge in [0.15, 0.2) is 5.65 Å². The molecule has 2 aromatic rings. The maximum absolute atomic E-state index is 11.8. The van der Waals surface area contributed by atoms with Crippen LogP contribution in [-0.2, 0) is 11.3 Å². The number of aryl methyl sites for hydroxylation is 1. The molecule has 0 aliphatic heterocycles. The smallest absolute Gasteiger partial charge is 0.339 e. The first-order valence-corrected chi connectivity index (χ1v) is 10.3. The summed E-state index contributed by atoms with van der Waals surface area (Å²) in [5.41, 5.74) is 2.01. The number of ether oxygens (including phenoxy) is 1. The van der Waals surface area contributed by atoms with E-state index < -0.39 is 0 Å². The fourth-order valence-corrected chi connectivity index (χ4v) is 5.24.